The van der Waals surface area contributed by atoms with E-state index in [-0.39, 0.29) is 0 Å². The summed E-state index contributed by atoms with van der Waals surface area (Å²) in [5.41, 5.74) is 0.390. The maximum absolute atomic E-state index is 12.9. The third kappa shape index (κ3) is 5.06. The SMILES string of the molecule is CCCOCCCNCc1cc(F)c(F)c(F)c1. The Hall–Kier alpha value is -1.07. The summed E-state index contributed by atoms with van der Waals surface area (Å²) in [6, 6.07) is 2.00. The zero-order chi connectivity index (χ0) is 13.4. The molecule has 0 aromatic heterocycles. The molecule has 0 aliphatic carbocycles. The van der Waals surface area contributed by atoms with Crippen molar-refractivity contribution in [1.82, 2.24) is 5.32 Å². The Bertz CT molecular complexity index is 348. The molecule has 0 aliphatic rings. The predicted molar refractivity (Wildman–Crippen MR) is 63.7 cm³/mol. The molecule has 1 aromatic carbocycles. The van der Waals surface area contributed by atoms with E-state index in [1.54, 1.807) is 0 Å². The topological polar surface area (TPSA) is 21.3 Å². The molecule has 1 rings (SSSR count). The number of halogens is 3. The molecule has 1 aromatic rings. The molecule has 0 fully saturated rings. The van der Waals surface area contributed by atoms with Crippen LogP contribution >= 0.6 is 0 Å². The molecule has 0 radical (unpaired) electrons. The maximum atomic E-state index is 12.9. The van der Waals surface area contributed by atoms with Crippen LogP contribution in [0.3, 0.4) is 0 Å². The van der Waals surface area contributed by atoms with Crippen molar-refractivity contribution in [1.29, 1.82) is 0 Å². The van der Waals surface area contributed by atoms with Crippen LogP contribution in [0.25, 0.3) is 0 Å². The van der Waals surface area contributed by atoms with E-state index < -0.39 is 17.5 Å². The third-order valence-corrected chi connectivity index (χ3v) is 2.36. The summed E-state index contributed by atoms with van der Waals surface area (Å²) >= 11 is 0. The molecule has 5 heteroatoms. The number of hydrogen-bond donors (Lipinski definition) is 1. The molecule has 18 heavy (non-hydrogen) atoms. The molecule has 0 amide bonds. The predicted octanol–water partition coefficient (Wildman–Crippen LogP) is 3.01. The van der Waals surface area contributed by atoms with Crippen molar-refractivity contribution in [3.05, 3.63) is 35.1 Å². The third-order valence-electron chi connectivity index (χ3n) is 2.36. The second-order valence-corrected chi connectivity index (χ2v) is 4.02. The van der Waals surface area contributed by atoms with Crippen LogP contribution in [0.2, 0.25) is 0 Å². The Balaban J connectivity index is 2.23. The van der Waals surface area contributed by atoms with Crippen LogP contribution in [0, 0.1) is 17.5 Å². The number of benzene rings is 1. The largest absolute Gasteiger partial charge is 0.381 e. The minimum atomic E-state index is -1.42. The highest BCUT2D eigenvalue weighted by atomic mass is 19.2. The first-order valence-electron chi connectivity index (χ1n) is 6.07. The van der Waals surface area contributed by atoms with Crippen LogP contribution in [0.1, 0.15) is 25.3 Å². The molecule has 1 N–H and O–H groups in total. The Labute approximate surface area is 105 Å². The zero-order valence-electron chi connectivity index (χ0n) is 10.4. The highest BCUT2D eigenvalue weighted by Gasteiger charge is 2.09. The fourth-order valence-corrected chi connectivity index (χ4v) is 1.49. The second-order valence-electron chi connectivity index (χ2n) is 4.02. The number of nitrogens with one attached hydrogen (secondary N) is 1. The molecule has 102 valence electrons. The molecule has 0 spiro atoms. The summed E-state index contributed by atoms with van der Waals surface area (Å²) in [6.45, 7) is 4.43. The normalized spacial score (nSPS) is 10.9. The smallest absolute Gasteiger partial charge is 0.194 e. The van der Waals surface area contributed by atoms with Crippen molar-refractivity contribution in [2.45, 2.75) is 26.3 Å². The van der Waals surface area contributed by atoms with Crippen LogP contribution in [0.15, 0.2) is 12.1 Å². The molecule has 0 atom stereocenters. The van der Waals surface area contributed by atoms with Crippen LogP contribution in [-0.4, -0.2) is 19.8 Å². The van der Waals surface area contributed by atoms with Crippen LogP contribution in [-0.2, 0) is 11.3 Å². The molecule has 0 saturated carbocycles. The van der Waals surface area contributed by atoms with Crippen LogP contribution < -0.4 is 5.32 Å². The van der Waals surface area contributed by atoms with E-state index in [2.05, 4.69) is 5.32 Å². The van der Waals surface area contributed by atoms with Crippen molar-refractivity contribution >= 4 is 0 Å². The van der Waals surface area contributed by atoms with Gasteiger partial charge in [0.1, 0.15) is 0 Å². The summed E-state index contributed by atoms with van der Waals surface area (Å²) in [7, 11) is 0. The van der Waals surface area contributed by atoms with Gasteiger partial charge in [0.15, 0.2) is 17.5 Å². The van der Waals surface area contributed by atoms with E-state index in [1.807, 2.05) is 6.92 Å². The molecule has 0 heterocycles. The van der Waals surface area contributed by atoms with Gasteiger partial charge in [-0.15, -0.1) is 0 Å². The van der Waals surface area contributed by atoms with Crippen molar-refractivity contribution in [2.24, 2.45) is 0 Å². The van der Waals surface area contributed by atoms with E-state index in [0.717, 1.165) is 31.6 Å². The zero-order valence-corrected chi connectivity index (χ0v) is 10.4. The average Bonchev–Trinajstić information content (AvgIpc) is 2.34. The van der Waals surface area contributed by atoms with Gasteiger partial charge in [-0.2, -0.15) is 0 Å². The minimum Gasteiger partial charge on any atom is -0.381 e. The van der Waals surface area contributed by atoms with Crippen molar-refractivity contribution < 1.29 is 17.9 Å². The Morgan fingerprint density at radius 3 is 2.39 bits per heavy atom. The average molecular weight is 261 g/mol. The van der Waals surface area contributed by atoms with Gasteiger partial charge in [-0.1, -0.05) is 6.92 Å². The number of ether oxygens (including phenoxy) is 1. The lowest BCUT2D eigenvalue weighted by atomic mass is 10.2. The lowest BCUT2D eigenvalue weighted by Gasteiger charge is -2.06. The van der Waals surface area contributed by atoms with Gasteiger partial charge in [-0.05, 0) is 37.1 Å². The van der Waals surface area contributed by atoms with Gasteiger partial charge in [0.2, 0.25) is 0 Å². The summed E-state index contributed by atoms with van der Waals surface area (Å²) in [4.78, 5) is 0. The molecular weight excluding hydrogens is 243 g/mol. The molecule has 0 bridgehead atoms. The first kappa shape index (κ1) is 15.0. The fourth-order valence-electron chi connectivity index (χ4n) is 1.49. The molecule has 0 unspecified atom stereocenters. The van der Waals surface area contributed by atoms with Crippen molar-refractivity contribution in [3.8, 4) is 0 Å². The van der Waals surface area contributed by atoms with Gasteiger partial charge >= 0.3 is 0 Å². The summed E-state index contributed by atoms with van der Waals surface area (Å²) in [5, 5.41) is 3.02. The second kappa shape index (κ2) is 8.11. The van der Waals surface area contributed by atoms with Gasteiger partial charge in [0.05, 0.1) is 0 Å². The first-order chi connectivity index (χ1) is 8.65. The number of rotatable bonds is 8. The monoisotopic (exact) mass is 261 g/mol. The van der Waals surface area contributed by atoms with Gasteiger partial charge < -0.3 is 10.1 Å². The van der Waals surface area contributed by atoms with Gasteiger partial charge in [0, 0.05) is 19.8 Å². The summed E-state index contributed by atoms with van der Waals surface area (Å²) < 4.78 is 43.7. The van der Waals surface area contributed by atoms with E-state index in [9.17, 15) is 13.2 Å². The lowest BCUT2D eigenvalue weighted by Crippen LogP contribution is -2.17. The fraction of sp³-hybridized carbons (Fsp3) is 0.538. The van der Waals surface area contributed by atoms with E-state index in [4.69, 9.17) is 4.74 Å². The quantitative estimate of drug-likeness (QED) is 0.573. The minimum absolute atomic E-state index is 0.307. The Kier molecular flexibility index (Phi) is 6.75. The Morgan fingerprint density at radius 1 is 1.11 bits per heavy atom. The molecular formula is C13H18F3NO. The lowest BCUT2D eigenvalue weighted by molar-refractivity contribution is 0.132. The Morgan fingerprint density at radius 2 is 1.78 bits per heavy atom. The van der Waals surface area contributed by atoms with Gasteiger partial charge in [-0.25, -0.2) is 13.2 Å². The highest BCUT2D eigenvalue weighted by molar-refractivity contribution is 5.19. The van der Waals surface area contributed by atoms with E-state index >= 15 is 0 Å². The number of hydrogen-bond acceptors (Lipinski definition) is 2. The summed E-state index contributed by atoms with van der Waals surface area (Å²) in [6.07, 6.45) is 1.81. The first-order valence-corrected chi connectivity index (χ1v) is 6.07. The van der Waals surface area contributed by atoms with Crippen molar-refractivity contribution in [2.75, 3.05) is 19.8 Å². The van der Waals surface area contributed by atoms with Crippen LogP contribution in [0.5, 0.6) is 0 Å². The standard InChI is InChI=1S/C13H18F3NO/c1-2-5-18-6-3-4-17-9-10-7-11(14)13(16)12(15)8-10/h7-8,17H,2-6,9H2,1H3. The van der Waals surface area contributed by atoms with E-state index in [1.165, 1.54) is 0 Å². The van der Waals surface area contributed by atoms with E-state index in [0.29, 0.717) is 25.3 Å². The molecule has 2 nitrogen and oxygen atoms in total. The molecule has 0 aliphatic heterocycles. The highest BCUT2D eigenvalue weighted by Crippen LogP contribution is 2.13. The van der Waals surface area contributed by atoms with Gasteiger partial charge in [-0.3, -0.25) is 0 Å². The molecule has 0 saturated heterocycles. The maximum Gasteiger partial charge on any atom is 0.194 e. The van der Waals surface area contributed by atoms with Gasteiger partial charge in [0.25, 0.3) is 0 Å². The van der Waals surface area contributed by atoms with Crippen molar-refractivity contribution in [3.63, 3.8) is 0 Å². The van der Waals surface area contributed by atoms with Crippen LogP contribution in [0.4, 0.5) is 13.2 Å². The summed E-state index contributed by atoms with van der Waals surface area (Å²) in [5.74, 6) is -3.73.